The van der Waals surface area contributed by atoms with Crippen LogP contribution in [0.3, 0.4) is 0 Å². The van der Waals surface area contributed by atoms with Gasteiger partial charge in [0.15, 0.2) is 0 Å². The van der Waals surface area contributed by atoms with E-state index in [1.54, 1.807) is 24.3 Å². The molecule has 1 aromatic heterocycles. The standard InChI is InChI=1S/C18H17FN2O4S/c1-12-18(26(24,25)20-10-13-5-3-2-4-6-13)15-9-14(19)7-8-16(15)21(12)11-17(22)23/h2-9,20H,10-11H2,1H3,(H,22,23). The number of hydrogen-bond acceptors (Lipinski definition) is 3. The van der Waals surface area contributed by atoms with Gasteiger partial charge in [-0.3, -0.25) is 4.79 Å². The van der Waals surface area contributed by atoms with Crippen LogP contribution in [0.2, 0.25) is 0 Å². The molecular weight excluding hydrogens is 359 g/mol. The van der Waals surface area contributed by atoms with Gasteiger partial charge in [0, 0.05) is 17.6 Å². The fourth-order valence-corrected chi connectivity index (χ4v) is 4.40. The maximum Gasteiger partial charge on any atom is 0.323 e. The van der Waals surface area contributed by atoms with Gasteiger partial charge in [-0.05, 0) is 30.7 Å². The van der Waals surface area contributed by atoms with Crippen molar-refractivity contribution in [3.8, 4) is 0 Å². The maximum atomic E-state index is 13.7. The summed E-state index contributed by atoms with van der Waals surface area (Å²) >= 11 is 0. The molecule has 0 amide bonds. The third-order valence-electron chi connectivity index (χ3n) is 4.10. The van der Waals surface area contributed by atoms with E-state index in [1.807, 2.05) is 6.07 Å². The second-order valence-electron chi connectivity index (χ2n) is 5.87. The van der Waals surface area contributed by atoms with Crippen molar-refractivity contribution >= 4 is 26.9 Å². The van der Waals surface area contributed by atoms with Crippen molar-refractivity contribution in [3.05, 3.63) is 65.6 Å². The number of hydrogen-bond donors (Lipinski definition) is 2. The number of rotatable bonds is 6. The lowest BCUT2D eigenvalue weighted by Crippen LogP contribution is -2.24. The highest BCUT2D eigenvalue weighted by Crippen LogP contribution is 2.30. The lowest BCUT2D eigenvalue weighted by Gasteiger charge is -2.08. The van der Waals surface area contributed by atoms with Crippen LogP contribution in [0.15, 0.2) is 53.4 Å². The van der Waals surface area contributed by atoms with Crippen molar-refractivity contribution in [2.24, 2.45) is 0 Å². The number of nitrogens with one attached hydrogen (secondary N) is 1. The van der Waals surface area contributed by atoms with Crippen LogP contribution in [-0.4, -0.2) is 24.1 Å². The van der Waals surface area contributed by atoms with Gasteiger partial charge in [-0.15, -0.1) is 0 Å². The topological polar surface area (TPSA) is 88.4 Å². The normalized spacial score (nSPS) is 11.8. The maximum absolute atomic E-state index is 13.7. The highest BCUT2D eigenvalue weighted by atomic mass is 32.2. The Bertz CT molecular complexity index is 1080. The molecule has 0 unspecified atom stereocenters. The second-order valence-corrected chi connectivity index (χ2v) is 7.57. The Morgan fingerprint density at radius 3 is 2.54 bits per heavy atom. The number of fused-ring (bicyclic) bond motifs is 1. The molecule has 0 atom stereocenters. The van der Waals surface area contributed by atoms with Crippen LogP contribution in [0.5, 0.6) is 0 Å². The van der Waals surface area contributed by atoms with Gasteiger partial charge in [0.05, 0.1) is 5.52 Å². The fraction of sp³-hybridized carbons (Fsp3) is 0.167. The first-order chi connectivity index (χ1) is 12.3. The first kappa shape index (κ1) is 18.1. The van der Waals surface area contributed by atoms with Crippen LogP contribution in [0.25, 0.3) is 10.9 Å². The van der Waals surface area contributed by atoms with E-state index in [-0.39, 0.29) is 22.5 Å². The smallest absolute Gasteiger partial charge is 0.323 e. The number of halogens is 1. The summed E-state index contributed by atoms with van der Waals surface area (Å²) in [4.78, 5) is 11.0. The van der Waals surface area contributed by atoms with E-state index < -0.39 is 28.4 Å². The van der Waals surface area contributed by atoms with Crippen LogP contribution in [0.1, 0.15) is 11.3 Å². The Labute approximate surface area is 149 Å². The monoisotopic (exact) mass is 376 g/mol. The molecule has 0 aliphatic heterocycles. The third kappa shape index (κ3) is 3.47. The number of carbonyl (C=O) groups is 1. The average molecular weight is 376 g/mol. The van der Waals surface area contributed by atoms with Crippen molar-refractivity contribution in [3.63, 3.8) is 0 Å². The Kier molecular flexibility index (Phi) is 4.80. The van der Waals surface area contributed by atoms with E-state index >= 15 is 0 Å². The van der Waals surface area contributed by atoms with Gasteiger partial charge in [0.25, 0.3) is 0 Å². The number of carboxylic acid groups (broad SMARTS) is 1. The summed E-state index contributed by atoms with van der Waals surface area (Å²) in [7, 11) is -3.98. The summed E-state index contributed by atoms with van der Waals surface area (Å²) in [5.41, 5.74) is 1.37. The third-order valence-corrected chi connectivity index (χ3v) is 5.68. The SMILES string of the molecule is Cc1c(S(=O)(=O)NCc2ccccc2)c2cc(F)ccc2n1CC(=O)O. The van der Waals surface area contributed by atoms with E-state index in [9.17, 15) is 17.6 Å². The van der Waals surface area contributed by atoms with Crippen molar-refractivity contribution in [1.29, 1.82) is 0 Å². The van der Waals surface area contributed by atoms with Crippen LogP contribution in [0, 0.1) is 12.7 Å². The molecule has 3 rings (SSSR count). The summed E-state index contributed by atoms with van der Waals surface area (Å²) in [6.45, 7) is 1.17. The molecule has 26 heavy (non-hydrogen) atoms. The molecule has 0 saturated carbocycles. The van der Waals surface area contributed by atoms with Gasteiger partial charge in [0.1, 0.15) is 17.3 Å². The average Bonchev–Trinajstić information content (AvgIpc) is 2.85. The summed E-state index contributed by atoms with van der Waals surface area (Å²) < 4.78 is 43.3. The van der Waals surface area contributed by atoms with Crippen LogP contribution < -0.4 is 4.72 Å². The van der Waals surface area contributed by atoms with Crippen molar-refractivity contribution in [2.75, 3.05) is 0 Å². The first-order valence-electron chi connectivity index (χ1n) is 7.83. The predicted molar refractivity (Wildman–Crippen MR) is 94.7 cm³/mol. The number of sulfonamides is 1. The zero-order valence-electron chi connectivity index (χ0n) is 13.9. The van der Waals surface area contributed by atoms with E-state index in [1.165, 1.54) is 23.6 Å². The Morgan fingerprint density at radius 2 is 1.88 bits per heavy atom. The minimum Gasteiger partial charge on any atom is -0.480 e. The highest BCUT2D eigenvalue weighted by Gasteiger charge is 2.26. The quantitative estimate of drug-likeness (QED) is 0.692. The van der Waals surface area contributed by atoms with E-state index in [4.69, 9.17) is 5.11 Å². The van der Waals surface area contributed by atoms with Gasteiger partial charge < -0.3 is 9.67 Å². The molecule has 1 heterocycles. The second kappa shape index (κ2) is 6.89. The molecule has 0 aliphatic carbocycles. The van der Waals surface area contributed by atoms with Crippen molar-refractivity contribution < 1.29 is 22.7 Å². The van der Waals surface area contributed by atoms with Crippen LogP contribution in [0.4, 0.5) is 4.39 Å². The zero-order chi connectivity index (χ0) is 18.9. The largest absolute Gasteiger partial charge is 0.480 e. The molecule has 2 aromatic carbocycles. The molecule has 8 heteroatoms. The number of aromatic nitrogens is 1. The lowest BCUT2D eigenvalue weighted by atomic mass is 10.2. The molecular formula is C18H17FN2O4S. The Hall–Kier alpha value is -2.71. The van der Waals surface area contributed by atoms with Gasteiger partial charge in [-0.1, -0.05) is 30.3 Å². The fourth-order valence-electron chi connectivity index (χ4n) is 2.95. The number of benzene rings is 2. The van der Waals surface area contributed by atoms with Crippen LogP contribution >= 0.6 is 0 Å². The van der Waals surface area contributed by atoms with Crippen molar-refractivity contribution in [2.45, 2.75) is 24.9 Å². The molecule has 136 valence electrons. The minimum atomic E-state index is -3.98. The van der Waals surface area contributed by atoms with Gasteiger partial charge in [0.2, 0.25) is 10.0 Å². The van der Waals surface area contributed by atoms with E-state index in [2.05, 4.69) is 4.72 Å². The molecule has 3 aromatic rings. The Morgan fingerprint density at radius 1 is 1.19 bits per heavy atom. The zero-order valence-corrected chi connectivity index (χ0v) is 14.8. The molecule has 2 N–H and O–H groups in total. The molecule has 0 aliphatic rings. The molecule has 0 fully saturated rings. The van der Waals surface area contributed by atoms with Gasteiger partial charge in [-0.25, -0.2) is 17.5 Å². The summed E-state index contributed by atoms with van der Waals surface area (Å²) in [5, 5.41) is 9.27. The lowest BCUT2D eigenvalue weighted by molar-refractivity contribution is -0.137. The first-order valence-corrected chi connectivity index (χ1v) is 9.31. The molecule has 0 radical (unpaired) electrons. The van der Waals surface area contributed by atoms with Crippen molar-refractivity contribution in [1.82, 2.24) is 9.29 Å². The van der Waals surface area contributed by atoms with Crippen LogP contribution in [-0.2, 0) is 27.9 Å². The van der Waals surface area contributed by atoms with Gasteiger partial charge in [-0.2, -0.15) is 0 Å². The summed E-state index contributed by atoms with van der Waals surface area (Å²) in [6.07, 6.45) is 0. The molecule has 0 spiro atoms. The number of carboxylic acids is 1. The summed E-state index contributed by atoms with van der Waals surface area (Å²) in [5.74, 6) is -1.71. The highest BCUT2D eigenvalue weighted by molar-refractivity contribution is 7.89. The molecule has 0 bridgehead atoms. The number of nitrogens with zero attached hydrogens (tertiary/aromatic N) is 1. The molecule has 6 nitrogen and oxygen atoms in total. The van der Waals surface area contributed by atoms with E-state index in [0.29, 0.717) is 5.52 Å². The summed E-state index contributed by atoms with van der Waals surface area (Å²) in [6, 6.07) is 12.6. The minimum absolute atomic E-state index is 0.0729. The van der Waals surface area contributed by atoms with Gasteiger partial charge >= 0.3 is 5.97 Å². The Balaban J connectivity index is 2.09. The van der Waals surface area contributed by atoms with E-state index in [0.717, 1.165) is 11.6 Å². The predicted octanol–water partition coefficient (Wildman–Crippen LogP) is 2.65. The number of aliphatic carboxylic acids is 1. The molecule has 0 saturated heterocycles.